The first-order chi connectivity index (χ1) is 16.1. The lowest BCUT2D eigenvalue weighted by molar-refractivity contribution is -0.133. The number of amides is 3. The minimum atomic E-state index is -1.56. The molecule has 1 fully saturated rings. The predicted octanol–water partition coefficient (Wildman–Crippen LogP) is 3.32. The quantitative estimate of drug-likeness (QED) is 0.512. The topological polar surface area (TPSA) is 129 Å². The average Bonchev–Trinajstić information content (AvgIpc) is 3.61. The molecule has 0 saturated heterocycles. The summed E-state index contributed by atoms with van der Waals surface area (Å²) in [5.74, 6) is -5.93. The van der Waals surface area contributed by atoms with Crippen molar-refractivity contribution in [2.45, 2.75) is 12.8 Å². The molecule has 3 amide bonds. The Labute approximate surface area is 190 Å². The molecule has 1 aromatic heterocycles. The van der Waals surface area contributed by atoms with Gasteiger partial charge in [0, 0.05) is 30.1 Å². The second-order valence-corrected chi connectivity index (χ2v) is 7.64. The Balaban J connectivity index is 1.75. The van der Waals surface area contributed by atoms with Crippen molar-refractivity contribution in [3.05, 3.63) is 77.9 Å². The van der Waals surface area contributed by atoms with Gasteiger partial charge in [0.25, 0.3) is 5.91 Å². The third-order valence-corrected chi connectivity index (χ3v) is 5.37. The average molecular weight is 470 g/mol. The van der Waals surface area contributed by atoms with Crippen molar-refractivity contribution in [1.82, 2.24) is 4.98 Å². The molecule has 2 aromatic carbocycles. The molecule has 8 nitrogen and oxygen atoms in total. The lowest BCUT2D eigenvalue weighted by atomic mass is 10.0. The maximum absolute atomic E-state index is 15.2. The van der Waals surface area contributed by atoms with Crippen LogP contribution in [0.3, 0.4) is 0 Å². The highest BCUT2D eigenvalue weighted by Gasteiger charge is 2.57. The van der Waals surface area contributed by atoms with Crippen LogP contribution >= 0.6 is 0 Å². The number of carbonyl (C=O) groups is 3. The van der Waals surface area contributed by atoms with Gasteiger partial charge in [-0.15, -0.1) is 0 Å². The van der Waals surface area contributed by atoms with E-state index in [9.17, 15) is 23.2 Å². The van der Waals surface area contributed by atoms with Gasteiger partial charge in [0.1, 0.15) is 22.7 Å². The van der Waals surface area contributed by atoms with Gasteiger partial charge in [-0.1, -0.05) is 0 Å². The van der Waals surface area contributed by atoms with Crippen LogP contribution in [-0.2, 0) is 9.59 Å². The van der Waals surface area contributed by atoms with Gasteiger partial charge in [-0.2, -0.15) is 0 Å². The lowest BCUT2D eigenvalue weighted by Gasteiger charge is -2.27. The number of hydrogen-bond acceptors (Lipinski definition) is 5. The summed E-state index contributed by atoms with van der Waals surface area (Å²) >= 11 is 0. The van der Waals surface area contributed by atoms with E-state index in [1.807, 2.05) is 0 Å². The molecule has 4 N–H and O–H groups in total. The standard InChI is InChI=1S/C23H17F3N4O4/c24-12-1-3-13(4-2-12)30(22(33)23(6-7-23)21(28)32)18-10-16(26)19(11-15(18)25)34-14-5-8-29-17(9-14)20(27)31/h1-5,8-11H,6-7H2,(H2,27,31)(H2,28,32). The van der Waals surface area contributed by atoms with E-state index < -0.39 is 52.0 Å². The largest absolute Gasteiger partial charge is 0.454 e. The summed E-state index contributed by atoms with van der Waals surface area (Å²) in [6.07, 6.45) is 1.49. The molecule has 1 aliphatic carbocycles. The van der Waals surface area contributed by atoms with Gasteiger partial charge in [0.15, 0.2) is 17.4 Å². The number of nitrogens with two attached hydrogens (primary N) is 2. The van der Waals surface area contributed by atoms with Crippen molar-refractivity contribution in [1.29, 1.82) is 0 Å². The van der Waals surface area contributed by atoms with Crippen molar-refractivity contribution in [3.8, 4) is 11.5 Å². The molecule has 1 saturated carbocycles. The zero-order valence-corrected chi connectivity index (χ0v) is 17.4. The summed E-state index contributed by atoms with van der Waals surface area (Å²) in [4.78, 5) is 41.0. The molecule has 0 aliphatic heterocycles. The van der Waals surface area contributed by atoms with E-state index in [0.717, 1.165) is 23.1 Å². The van der Waals surface area contributed by atoms with Gasteiger partial charge in [-0.3, -0.25) is 24.3 Å². The fraction of sp³-hybridized carbons (Fsp3) is 0.130. The molecule has 11 heteroatoms. The number of pyridine rings is 1. The number of primary amides is 2. The molecule has 0 bridgehead atoms. The van der Waals surface area contributed by atoms with E-state index in [2.05, 4.69) is 4.98 Å². The summed E-state index contributed by atoms with van der Waals surface area (Å²) in [6.45, 7) is 0. The second kappa shape index (κ2) is 8.50. The predicted molar refractivity (Wildman–Crippen MR) is 114 cm³/mol. The van der Waals surface area contributed by atoms with Crippen molar-refractivity contribution >= 4 is 29.1 Å². The SMILES string of the molecule is NC(=O)c1cc(Oc2cc(F)c(N(C(=O)C3(C(N)=O)CC3)c3ccc(F)cc3)cc2F)ccn1. The fourth-order valence-corrected chi connectivity index (χ4v) is 3.36. The highest BCUT2D eigenvalue weighted by atomic mass is 19.1. The van der Waals surface area contributed by atoms with E-state index in [1.54, 1.807) is 0 Å². The van der Waals surface area contributed by atoms with E-state index >= 15 is 4.39 Å². The summed E-state index contributed by atoms with van der Waals surface area (Å²) in [6, 6.07) is 8.29. The summed E-state index contributed by atoms with van der Waals surface area (Å²) in [5.41, 5.74) is 8.31. The van der Waals surface area contributed by atoms with Crippen molar-refractivity contribution in [3.63, 3.8) is 0 Å². The van der Waals surface area contributed by atoms with Gasteiger partial charge < -0.3 is 16.2 Å². The normalized spacial score (nSPS) is 13.7. The summed E-state index contributed by atoms with van der Waals surface area (Å²) in [7, 11) is 0. The molecule has 3 aromatic rings. The van der Waals surface area contributed by atoms with E-state index in [1.165, 1.54) is 24.4 Å². The molecule has 174 valence electrons. The van der Waals surface area contributed by atoms with Crippen LogP contribution in [-0.4, -0.2) is 22.7 Å². The Hall–Kier alpha value is -4.41. The van der Waals surface area contributed by atoms with Crippen LogP contribution in [0.25, 0.3) is 0 Å². The maximum atomic E-state index is 15.2. The fourth-order valence-electron chi connectivity index (χ4n) is 3.36. The number of hydrogen-bond donors (Lipinski definition) is 2. The zero-order valence-electron chi connectivity index (χ0n) is 17.4. The van der Waals surface area contributed by atoms with Gasteiger partial charge in [-0.05, 0) is 43.2 Å². The van der Waals surface area contributed by atoms with Crippen LogP contribution in [0.15, 0.2) is 54.7 Å². The van der Waals surface area contributed by atoms with Crippen LogP contribution in [0.4, 0.5) is 24.5 Å². The number of aromatic nitrogens is 1. The van der Waals surface area contributed by atoms with Gasteiger partial charge in [-0.25, -0.2) is 13.2 Å². The Bertz CT molecular complexity index is 1310. The third kappa shape index (κ3) is 4.15. The van der Waals surface area contributed by atoms with E-state index in [4.69, 9.17) is 16.2 Å². The summed E-state index contributed by atoms with van der Waals surface area (Å²) < 4.78 is 48.9. The Morgan fingerprint density at radius 2 is 1.62 bits per heavy atom. The molecule has 4 rings (SSSR count). The third-order valence-electron chi connectivity index (χ3n) is 5.37. The van der Waals surface area contributed by atoms with Gasteiger partial charge in [0.2, 0.25) is 11.8 Å². The van der Waals surface area contributed by atoms with Crippen LogP contribution in [0.5, 0.6) is 11.5 Å². The molecule has 0 radical (unpaired) electrons. The van der Waals surface area contributed by atoms with Crippen molar-refractivity contribution < 1.29 is 32.3 Å². The lowest BCUT2D eigenvalue weighted by Crippen LogP contribution is -2.41. The number of rotatable bonds is 7. The minimum absolute atomic E-state index is 0.00567. The number of carbonyl (C=O) groups excluding carboxylic acids is 3. The Morgan fingerprint density at radius 1 is 0.941 bits per heavy atom. The van der Waals surface area contributed by atoms with Crippen molar-refractivity contribution in [2.24, 2.45) is 16.9 Å². The highest BCUT2D eigenvalue weighted by molar-refractivity contribution is 6.16. The first-order valence-corrected chi connectivity index (χ1v) is 9.95. The molecule has 0 unspecified atom stereocenters. The Kier molecular flexibility index (Phi) is 5.70. The number of ether oxygens (including phenoxy) is 1. The summed E-state index contributed by atoms with van der Waals surface area (Å²) in [5, 5.41) is 0. The first-order valence-electron chi connectivity index (χ1n) is 9.95. The van der Waals surface area contributed by atoms with Crippen LogP contribution in [0, 0.1) is 22.9 Å². The molecule has 34 heavy (non-hydrogen) atoms. The number of halogens is 3. The Morgan fingerprint density at radius 3 is 2.21 bits per heavy atom. The van der Waals surface area contributed by atoms with Crippen molar-refractivity contribution in [2.75, 3.05) is 4.90 Å². The smallest absolute Gasteiger partial charge is 0.267 e. The van der Waals surface area contributed by atoms with E-state index in [0.29, 0.717) is 12.1 Å². The monoisotopic (exact) mass is 470 g/mol. The molecular formula is C23H17F3N4O4. The molecular weight excluding hydrogens is 453 g/mol. The molecule has 1 heterocycles. The number of nitrogens with zero attached hydrogens (tertiary/aromatic N) is 2. The molecule has 0 spiro atoms. The molecule has 1 aliphatic rings. The zero-order chi connectivity index (χ0) is 24.6. The maximum Gasteiger partial charge on any atom is 0.267 e. The van der Waals surface area contributed by atoms with Gasteiger partial charge in [0.05, 0.1) is 5.69 Å². The highest BCUT2D eigenvalue weighted by Crippen LogP contribution is 2.49. The van der Waals surface area contributed by atoms with Gasteiger partial charge >= 0.3 is 0 Å². The first kappa shape index (κ1) is 22.8. The second-order valence-electron chi connectivity index (χ2n) is 7.64. The number of anilines is 2. The number of benzene rings is 2. The molecule has 0 atom stereocenters. The van der Waals surface area contributed by atoms with Crippen LogP contribution in [0.1, 0.15) is 23.3 Å². The minimum Gasteiger partial charge on any atom is -0.454 e. The van der Waals surface area contributed by atoms with Crippen LogP contribution in [0.2, 0.25) is 0 Å². The van der Waals surface area contributed by atoms with E-state index in [-0.39, 0.29) is 30.0 Å². The van der Waals surface area contributed by atoms with Crippen LogP contribution < -0.4 is 21.1 Å².